The Morgan fingerprint density at radius 3 is 2.36 bits per heavy atom. The molecule has 1 N–H and O–H groups in total. The number of non-ortho nitro benzene ring substituents is 1. The van der Waals surface area contributed by atoms with E-state index >= 15 is 0 Å². The van der Waals surface area contributed by atoms with E-state index in [0.29, 0.717) is 16.6 Å². The molecule has 184 valence electrons. The Kier molecular flexibility index (Phi) is 6.59. The number of anilines is 1. The highest BCUT2D eigenvalue weighted by Gasteiger charge is 2.30. The number of hydrogen-bond donors (Lipinski definition) is 1. The van der Waals surface area contributed by atoms with Crippen molar-refractivity contribution >= 4 is 49.8 Å². The number of halogens is 1. The second-order valence-electron chi connectivity index (χ2n) is 7.30. The van der Waals surface area contributed by atoms with E-state index in [1.807, 2.05) is 0 Å². The van der Waals surface area contributed by atoms with Crippen LogP contribution in [0.2, 0.25) is 5.02 Å². The predicted molar refractivity (Wildman–Crippen MR) is 129 cm³/mol. The van der Waals surface area contributed by atoms with Crippen molar-refractivity contribution in [2.45, 2.75) is 11.4 Å². The molecule has 1 aromatic heterocycles. The molecule has 0 radical (unpaired) electrons. The Hall–Kier alpha value is -4.49. The van der Waals surface area contributed by atoms with Crippen molar-refractivity contribution in [2.24, 2.45) is 0 Å². The summed E-state index contributed by atoms with van der Waals surface area (Å²) < 4.78 is 35.4. The maximum atomic E-state index is 12.7. The van der Waals surface area contributed by atoms with Crippen molar-refractivity contribution in [3.63, 3.8) is 0 Å². The summed E-state index contributed by atoms with van der Waals surface area (Å²) in [5, 5.41) is 25.3. The number of rotatable bonds is 8. The highest BCUT2D eigenvalue weighted by atomic mass is 35.5. The Bertz CT molecular complexity index is 1670. The highest BCUT2D eigenvalue weighted by Crippen LogP contribution is 2.33. The van der Waals surface area contributed by atoms with Gasteiger partial charge in [0, 0.05) is 36.2 Å². The first-order valence-electron chi connectivity index (χ1n) is 9.97. The van der Waals surface area contributed by atoms with E-state index in [-0.39, 0.29) is 28.6 Å². The molecule has 4 aromatic rings. The summed E-state index contributed by atoms with van der Waals surface area (Å²) >= 11 is 5.89. The van der Waals surface area contributed by atoms with Gasteiger partial charge in [-0.05, 0) is 29.8 Å². The second kappa shape index (κ2) is 9.64. The van der Waals surface area contributed by atoms with Crippen molar-refractivity contribution in [3.8, 4) is 5.75 Å². The lowest BCUT2D eigenvalue weighted by Gasteiger charge is -2.11. The van der Waals surface area contributed by atoms with Gasteiger partial charge in [-0.3, -0.25) is 20.2 Å². The van der Waals surface area contributed by atoms with Gasteiger partial charge in [-0.25, -0.2) is 4.79 Å². The first-order valence-corrected chi connectivity index (χ1v) is 11.8. The lowest BCUT2D eigenvalue weighted by atomic mass is 10.1. The second-order valence-corrected chi connectivity index (χ2v) is 9.19. The van der Waals surface area contributed by atoms with E-state index in [4.69, 9.17) is 20.2 Å². The summed E-state index contributed by atoms with van der Waals surface area (Å²) in [4.78, 5) is 32.0. The molecule has 0 spiro atoms. The monoisotopic (exact) mass is 531 g/mol. The lowest BCUT2D eigenvalue weighted by Crippen LogP contribution is -2.12. The highest BCUT2D eigenvalue weighted by molar-refractivity contribution is 7.87. The van der Waals surface area contributed by atoms with Crippen LogP contribution in [0.15, 0.2) is 80.8 Å². The van der Waals surface area contributed by atoms with Gasteiger partial charge in [0.25, 0.3) is 11.4 Å². The molecule has 0 aliphatic rings. The quantitative estimate of drug-likeness (QED) is 0.146. The maximum Gasteiger partial charge on any atom is 0.347 e. The number of nitro benzene ring substituents is 2. The summed E-state index contributed by atoms with van der Waals surface area (Å²) in [7, 11) is -4.62. The third-order valence-corrected chi connectivity index (χ3v) is 6.71. The smallest absolute Gasteiger partial charge is 0.347 e. The topological polar surface area (TPSA) is 172 Å². The number of fused-ring (bicyclic) bond motifs is 1. The zero-order valence-corrected chi connectivity index (χ0v) is 19.5. The van der Waals surface area contributed by atoms with Crippen molar-refractivity contribution in [1.82, 2.24) is 0 Å². The molecule has 0 aliphatic carbocycles. The normalized spacial score (nSPS) is 11.2. The van der Waals surface area contributed by atoms with E-state index in [1.165, 1.54) is 54.6 Å². The van der Waals surface area contributed by atoms with Gasteiger partial charge in [-0.1, -0.05) is 29.8 Å². The lowest BCUT2D eigenvalue weighted by molar-refractivity contribution is -0.387. The Morgan fingerprint density at radius 1 is 0.972 bits per heavy atom. The molecule has 0 saturated heterocycles. The van der Waals surface area contributed by atoms with Crippen molar-refractivity contribution < 1.29 is 26.9 Å². The average molecular weight is 532 g/mol. The third kappa shape index (κ3) is 5.11. The summed E-state index contributed by atoms with van der Waals surface area (Å²) in [6.45, 7) is 0.157. The number of nitrogens with one attached hydrogen (secondary N) is 1. The van der Waals surface area contributed by atoms with E-state index in [9.17, 15) is 33.4 Å². The van der Waals surface area contributed by atoms with Gasteiger partial charge in [0.05, 0.1) is 20.6 Å². The molecule has 14 heteroatoms. The van der Waals surface area contributed by atoms with E-state index < -0.39 is 36.2 Å². The summed E-state index contributed by atoms with van der Waals surface area (Å²) in [6.07, 6.45) is 0. The number of hydrogen-bond acceptors (Lipinski definition) is 10. The molecule has 1 heterocycles. The Balaban J connectivity index is 1.54. The third-order valence-electron chi connectivity index (χ3n) is 4.94. The zero-order valence-electron chi connectivity index (χ0n) is 17.9. The molecule has 3 aromatic carbocycles. The van der Waals surface area contributed by atoms with Gasteiger partial charge < -0.3 is 13.9 Å². The molecule has 0 aliphatic heterocycles. The molecule has 0 atom stereocenters. The SMILES string of the molecule is O=c1cc(NCc2ccc(OS(=O)(=O)c3c(Cl)cccc3[N+](=O)[O-])cc2)c2cc([N+](=O)[O-])ccc2o1. The van der Waals surface area contributed by atoms with Gasteiger partial charge in [0.2, 0.25) is 4.90 Å². The molecule has 0 unspecified atom stereocenters. The van der Waals surface area contributed by atoms with Crippen LogP contribution >= 0.6 is 11.6 Å². The fraction of sp³-hybridized carbons (Fsp3) is 0.0455. The van der Waals surface area contributed by atoms with Crippen LogP contribution in [0.25, 0.3) is 11.0 Å². The minimum Gasteiger partial charge on any atom is -0.423 e. The van der Waals surface area contributed by atoms with Gasteiger partial charge in [0.1, 0.15) is 11.3 Å². The number of benzene rings is 3. The van der Waals surface area contributed by atoms with Crippen LogP contribution in [0.1, 0.15) is 5.56 Å². The molecule has 0 saturated carbocycles. The van der Waals surface area contributed by atoms with Gasteiger partial charge in [-0.15, -0.1) is 0 Å². The minimum atomic E-state index is -4.62. The first kappa shape index (κ1) is 24.6. The number of nitro groups is 2. The van der Waals surface area contributed by atoms with Crippen LogP contribution in [0.4, 0.5) is 17.1 Å². The summed E-state index contributed by atoms with van der Waals surface area (Å²) in [6, 6.07) is 14.1. The molecule has 36 heavy (non-hydrogen) atoms. The predicted octanol–water partition coefficient (Wildman–Crippen LogP) is 4.64. The summed E-state index contributed by atoms with van der Waals surface area (Å²) in [5.74, 6) is -0.116. The fourth-order valence-electron chi connectivity index (χ4n) is 3.33. The fourth-order valence-corrected chi connectivity index (χ4v) is 4.93. The van der Waals surface area contributed by atoms with Crippen LogP contribution in [-0.2, 0) is 16.7 Å². The van der Waals surface area contributed by atoms with Crippen molar-refractivity contribution in [2.75, 3.05) is 5.32 Å². The van der Waals surface area contributed by atoms with E-state index in [0.717, 1.165) is 12.1 Å². The van der Waals surface area contributed by atoms with E-state index in [2.05, 4.69) is 5.32 Å². The largest absolute Gasteiger partial charge is 0.423 e. The Morgan fingerprint density at radius 2 is 1.69 bits per heavy atom. The summed E-state index contributed by atoms with van der Waals surface area (Å²) in [5.41, 5.74) is -0.446. The van der Waals surface area contributed by atoms with Gasteiger partial charge >= 0.3 is 15.7 Å². The van der Waals surface area contributed by atoms with Crippen molar-refractivity contribution in [3.05, 3.63) is 108 Å². The van der Waals surface area contributed by atoms with Gasteiger partial charge in [0.15, 0.2) is 0 Å². The number of nitrogens with zero attached hydrogens (tertiary/aromatic N) is 2. The van der Waals surface area contributed by atoms with Gasteiger partial charge in [-0.2, -0.15) is 8.42 Å². The standard InChI is InChI=1S/C22H14ClN3O9S/c23-17-2-1-3-19(26(30)31)22(17)36(32,33)35-15-7-4-13(5-8-15)12-24-18-11-21(27)34-20-9-6-14(25(28)29)10-16(18)20/h1-11,24H,12H2. The van der Waals surface area contributed by atoms with Crippen LogP contribution in [0, 0.1) is 20.2 Å². The average Bonchev–Trinajstić information content (AvgIpc) is 2.82. The molecule has 12 nitrogen and oxygen atoms in total. The van der Waals surface area contributed by atoms with Crippen molar-refractivity contribution in [1.29, 1.82) is 0 Å². The molecular weight excluding hydrogens is 518 g/mol. The molecule has 4 rings (SSSR count). The van der Waals surface area contributed by atoms with E-state index in [1.54, 1.807) is 0 Å². The first-order chi connectivity index (χ1) is 17.0. The zero-order chi connectivity index (χ0) is 26.0. The Labute approximate surface area is 207 Å². The molecule has 0 fully saturated rings. The molecule has 0 amide bonds. The van der Waals surface area contributed by atoms with Crippen LogP contribution in [0.3, 0.4) is 0 Å². The maximum absolute atomic E-state index is 12.7. The van der Waals surface area contributed by atoms with Crippen LogP contribution in [0.5, 0.6) is 5.75 Å². The van der Waals surface area contributed by atoms with Crippen LogP contribution < -0.4 is 15.1 Å². The molecule has 0 bridgehead atoms. The minimum absolute atomic E-state index is 0.116. The van der Waals surface area contributed by atoms with Crippen LogP contribution in [-0.4, -0.2) is 18.3 Å². The molecular formula is C22H14ClN3O9S.